The monoisotopic (exact) mass is 272 g/mol. The van der Waals surface area contributed by atoms with Gasteiger partial charge in [0.1, 0.15) is 11.6 Å². The number of amides is 1. The minimum Gasteiger partial charge on any atom is -0.465 e. The number of carbonyl (C=O) groups excluding carboxylic acids is 2. The molecule has 1 aromatic rings. The van der Waals surface area contributed by atoms with E-state index in [1.54, 1.807) is 6.92 Å². The van der Waals surface area contributed by atoms with Crippen LogP contribution in [0.25, 0.3) is 0 Å². The van der Waals surface area contributed by atoms with Crippen LogP contribution in [0.4, 0.5) is 14.5 Å². The molecule has 0 fully saturated rings. The molecular formula is C12H14F2N2O3. The Bertz CT molecular complexity index is 506. The number of halogens is 2. The van der Waals surface area contributed by atoms with Gasteiger partial charge in [-0.25, -0.2) is 13.6 Å². The topological polar surface area (TPSA) is 81.4 Å². The number of nitrogens with two attached hydrogens (primary N) is 1. The Labute approximate surface area is 108 Å². The van der Waals surface area contributed by atoms with Gasteiger partial charge in [-0.2, -0.15) is 0 Å². The predicted molar refractivity (Wildman–Crippen MR) is 64.6 cm³/mol. The molecule has 5 nitrogen and oxygen atoms in total. The Morgan fingerprint density at radius 3 is 2.53 bits per heavy atom. The zero-order valence-electron chi connectivity index (χ0n) is 10.5. The Morgan fingerprint density at radius 2 is 2.00 bits per heavy atom. The molecule has 3 N–H and O–H groups in total. The van der Waals surface area contributed by atoms with Crippen LogP contribution in [0.15, 0.2) is 12.1 Å². The number of hydrogen-bond donors (Lipinski definition) is 2. The number of ether oxygens (including phenoxy) is 1. The highest BCUT2D eigenvalue weighted by molar-refractivity contribution is 5.97. The smallest absolute Gasteiger partial charge is 0.340 e. The first-order valence-corrected chi connectivity index (χ1v) is 5.54. The van der Waals surface area contributed by atoms with Crippen LogP contribution < -0.4 is 11.1 Å². The highest BCUT2D eigenvalue weighted by atomic mass is 19.1. The Balaban J connectivity index is 3.08. The van der Waals surface area contributed by atoms with Gasteiger partial charge in [0.15, 0.2) is 0 Å². The highest BCUT2D eigenvalue weighted by Gasteiger charge is 2.19. The average Bonchev–Trinajstić information content (AvgIpc) is 2.39. The lowest BCUT2D eigenvalue weighted by molar-refractivity contribution is -0.117. The molecule has 0 aliphatic rings. The van der Waals surface area contributed by atoms with Gasteiger partial charge in [0.05, 0.1) is 24.4 Å². The Hall–Kier alpha value is -2.02. The van der Waals surface area contributed by atoms with E-state index in [1.165, 1.54) is 0 Å². The maximum absolute atomic E-state index is 13.5. The molecule has 0 aliphatic carbocycles. The number of anilines is 1. The van der Waals surface area contributed by atoms with E-state index < -0.39 is 35.1 Å². The summed E-state index contributed by atoms with van der Waals surface area (Å²) in [6.45, 7) is 1.69. The molecular weight excluding hydrogens is 258 g/mol. The lowest BCUT2D eigenvalue weighted by atomic mass is 10.1. The second kappa shape index (κ2) is 6.24. The van der Waals surface area contributed by atoms with Crippen LogP contribution >= 0.6 is 0 Å². The van der Waals surface area contributed by atoms with E-state index in [0.29, 0.717) is 12.5 Å². The fourth-order valence-corrected chi connectivity index (χ4v) is 1.32. The fourth-order valence-electron chi connectivity index (χ4n) is 1.32. The van der Waals surface area contributed by atoms with Crippen LogP contribution in [0.1, 0.15) is 23.7 Å². The first-order chi connectivity index (χ1) is 8.90. The summed E-state index contributed by atoms with van der Waals surface area (Å²) in [6, 6.07) is 0.557. The summed E-state index contributed by atoms with van der Waals surface area (Å²) in [5.74, 6) is -3.65. The summed E-state index contributed by atoms with van der Waals surface area (Å²) in [4.78, 5) is 22.8. The van der Waals surface area contributed by atoms with Crippen molar-refractivity contribution in [3.8, 4) is 0 Å². The molecule has 1 atom stereocenters. The maximum atomic E-state index is 13.5. The fraction of sp³-hybridized carbons (Fsp3) is 0.333. The summed E-state index contributed by atoms with van der Waals surface area (Å²) in [5, 5.41) is 2.19. The summed E-state index contributed by atoms with van der Waals surface area (Å²) in [6.07, 6.45) is 0.360. The number of nitrogens with one attached hydrogen (secondary N) is 1. The molecule has 0 aliphatic heterocycles. The van der Waals surface area contributed by atoms with Crippen molar-refractivity contribution in [3.05, 3.63) is 29.3 Å². The van der Waals surface area contributed by atoms with Crippen molar-refractivity contribution in [2.45, 2.75) is 19.4 Å². The van der Waals surface area contributed by atoms with Crippen molar-refractivity contribution in [1.29, 1.82) is 0 Å². The first kappa shape index (κ1) is 15.0. The van der Waals surface area contributed by atoms with Gasteiger partial charge < -0.3 is 15.8 Å². The second-order valence-electron chi connectivity index (χ2n) is 3.81. The molecule has 0 bridgehead atoms. The average molecular weight is 272 g/mol. The van der Waals surface area contributed by atoms with Crippen LogP contribution in [0.5, 0.6) is 0 Å². The van der Waals surface area contributed by atoms with E-state index in [2.05, 4.69) is 10.1 Å². The van der Waals surface area contributed by atoms with Gasteiger partial charge in [-0.15, -0.1) is 0 Å². The number of esters is 1. The molecule has 1 amide bonds. The minimum absolute atomic E-state index is 0.323. The molecule has 0 spiro atoms. The van der Waals surface area contributed by atoms with E-state index >= 15 is 0 Å². The van der Waals surface area contributed by atoms with E-state index in [4.69, 9.17) is 5.73 Å². The number of hydrogen-bond acceptors (Lipinski definition) is 4. The summed E-state index contributed by atoms with van der Waals surface area (Å²) < 4.78 is 31.2. The summed E-state index contributed by atoms with van der Waals surface area (Å²) >= 11 is 0. The lowest BCUT2D eigenvalue weighted by Gasteiger charge is -2.12. The summed E-state index contributed by atoms with van der Waals surface area (Å²) in [5.41, 5.74) is 4.68. The van der Waals surface area contributed by atoms with E-state index in [1.807, 2.05) is 0 Å². The molecule has 0 saturated heterocycles. The van der Waals surface area contributed by atoms with Crippen molar-refractivity contribution < 1.29 is 23.1 Å². The number of carbonyl (C=O) groups is 2. The minimum atomic E-state index is -1.07. The van der Waals surface area contributed by atoms with Crippen LogP contribution in [0, 0.1) is 11.6 Å². The van der Waals surface area contributed by atoms with Gasteiger partial charge in [-0.05, 0) is 12.5 Å². The molecule has 0 saturated carbocycles. The number of benzene rings is 1. The van der Waals surface area contributed by atoms with Gasteiger partial charge >= 0.3 is 5.97 Å². The largest absolute Gasteiger partial charge is 0.465 e. The van der Waals surface area contributed by atoms with Gasteiger partial charge in [0.2, 0.25) is 5.91 Å². The standard InChI is InChI=1S/C12H14F2N2O3/c1-3-9(15)11(17)16-10-4-6(12(18)19-2)7(13)5-8(10)14/h4-5,9H,3,15H2,1-2H3,(H,16,17). The van der Waals surface area contributed by atoms with Crippen LogP contribution in [-0.2, 0) is 9.53 Å². The van der Waals surface area contributed by atoms with Crippen LogP contribution in [0.3, 0.4) is 0 Å². The molecule has 19 heavy (non-hydrogen) atoms. The third kappa shape index (κ3) is 3.47. The zero-order chi connectivity index (χ0) is 14.6. The van der Waals surface area contributed by atoms with E-state index in [0.717, 1.165) is 13.2 Å². The van der Waals surface area contributed by atoms with E-state index in [-0.39, 0.29) is 5.69 Å². The molecule has 7 heteroatoms. The SMILES string of the molecule is CCC(N)C(=O)Nc1cc(C(=O)OC)c(F)cc1F. The van der Waals surface area contributed by atoms with Crippen molar-refractivity contribution >= 4 is 17.6 Å². The van der Waals surface area contributed by atoms with Crippen molar-refractivity contribution in [2.75, 3.05) is 12.4 Å². The highest BCUT2D eigenvalue weighted by Crippen LogP contribution is 2.20. The van der Waals surface area contributed by atoms with Crippen LogP contribution in [0.2, 0.25) is 0 Å². The second-order valence-corrected chi connectivity index (χ2v) is 3.81. The van der Waals surface area contributed by atoms with Crippen molar-refractivity contribution in [1.82, 2.24) is 0 Å². The number of rotatable bonds is 4. The molecule has 0 radical (unpaired) electrons. The van der Waals surface area contributed by atoms with Crippen molar-refractivity contribution in [3.63, 3.8) is 0 Å². The quantitative estimate of drug-likeness (QED) is 0.812. The number of methoxy groups -OCH3 is 1. The third-order valence-electron chi connectivity index (χ3n) is 2.50. The Morgan fingerprint density at radius 1 is 1.37 bits per heavy atom. The maximum Gasteiger partial charge on any atom is 0.340 e. The summed E-state index contributed by atoms with van der Waals surface area (Å²) in [7, 11) is 1.07. The Kier molecular flexibility index (Phi) is 4.94. The lowest BCUT2D eigenvalue weighted by Crippen LogP contribution is -2.35. The van der Waals surface area contributed by atoms with Gasteiger partial charge in [0, 0.05) is 6.07 Å². The predicted octanol–water partition coefficient (Wildman–Crippen LogP) is 1.43. The van der Waals surface area contributed by atoms with Gasteiger partial charge in [-0.1, -0.05) is 6.92 Å². The van der Waals surface area contributed by atoms with E-state index in [9.17, 15) is 18.4 Å². The molecule has 1 unspecified atom stereocenters. The molecule has 0 aromatic heterocycles. The third-order valence-corrected chi connectivity index (χ3v) is 2.50. The molecule has 1 rings (SSSR count). The van der Waals surface area contributed by atoms with Gasteiger partial charge in [-0.3, -0.25) is 4.79 Å². The molecule has 104 valence electrons. The molecule has 1 aromatic carbocycles. The van der Waals surface area contributed by atoms with Gasteiger partial charge in [0.25, 0.3) is 0 Å². The first-order valence-electron chi connectivity index (χ1n) is 5.54. The van der Waals surface area contributed by atoms with Crippen molar-refractivity contribution in [2.24, 2.45) is 5.73 Å². The molecule has 0 heterocycles. The normalized spacial score (nSPS) is 11.8. The van der Waals surface area contributed by atoms with Crippen LogP contribution in [-0.4, -0.2) is 25.0 Å². The zero-order valence-corrected chi connectivity index (χ0v) is 10.5.